The summed E-state index contributed by atoms with van der Waals surface area (Å²) in [5.74, 6) is 0.609. The van der Waals surface area contributed by atoms with E-state index in [4.69, 9.17) is 32.4 Å². The van der Waals surface area contributed by atoms with Crippen molar-refractivity contribution in [2.75, 3.05) is 5.32 Å². The maximum atomic E-state index is 13.0. The zero-order valence-corrected chi connectivity index (χ0v) is 17.5. The summed E-state index contributed by atoms with van der Waals surface area (Å²) in [4.78, 5) is 12.4. The van der Waals surface area contributed by atoms with E-state index >= 15 is 0 Å². The topological polar surface area (TPSA) is 69.3 Å². The Morgan fingerprint density at radius 3 is 2.71 bits per heavy atom. The number of nitrogens with one attached hydrogen (secondary N) is 1. The van der Waals surface area contributed by atoms with E-state index in [-0.39, 0.29) is 18.2 Å². The Morgan fingerprint density at radius 2 is 1.90 bits per heavy atom. The number of ether oxygens (including phenoxy) is 1. The summed E-state index contributed by atoms with van der Waals surface area (Å²) in [6.07, 6.45) is 1.72. The number of nitrogens with zero attached hydrogens (tertiary/aromatic N) is 2. The smallest absolute Gasteiger partial charge is 0.292 e. The van der Waals surface area contributed by atoms with Gasteiger partial charge in [-0.25, -0.2) is 4.39 Å². The first kappa shape index (κ1) is 21.0. The van der Waals surface area contributed by atoms with Crippen LogP contribution in [0.2, 0.25) is 10.0 Å². The predicted molar refractivity (Wildman–Crippen MR) is 115 cm³/mol. The number of rotatable bonds is 7. The minimum absolute atomic E-state index is 0.0830. The molecule has 0 aliphatic carbocycles. The number of anilines is 1. The molecule has 0 atom stereocenters. The molecule has 1 amide bonds. The molecule has 1 N–H and O–H groups in total. The van der Waals surface area contributed by atoms with Crippen LogP contribution >= 0.6 is 23.2 Å². The lowest BCUT2D eigenvalue weighted by Gasteiger charge is -2.07. The Bertz CT molecular complexity index is 1200. The van der Waals surface area contributed by atoms with Crippen LogP contribution in [-0.2, 0) is 13.2 Å². The van der Waals surface area contributed by atoms with Gasteiger partial charge in [-0.1, -0.05) is 41.4 Å². The Labute approximate surface area is 187 Å². The first-order valence-electron chi connectivity index (χ1n) is 9.23. The van der Waals surface area contributed by atoms with Crippen molar-refractivity contribution in [1.29, 1.82) is 0 Å². The molecular formula is C22H16Cl2FN3O3. The van der Waals surface area contributed by atoms with Crippen molar-refractivity contribution in [2.24, 2.45) is 0 Å². The van der Waals surface area contributed by atoms with Crippen LogP contribution in [0.1, 0.15) is 21.9 Å². The fourth-order valence-corrected chi connectivity index (χ4v) is 3.14. The maximum Gasteiger partial charge on any atom is 0.292 e. The molecule has 0 radical (unpaired) electrons. The summed E-state index contributed by atoms with van der Waals surface area (Å²) in [5.41, 5.74) is 0.887. The van der Waals surface area contributed by atoms with Crippen LogP contribution in [0.4, 0.5) is 10.2 Å². The van der Waals surface area contributed by atoms with E-state index in [2.05, 4.69) is 10.4 Å². The molecule has 2 aromatic carbocycles. The minimum atomic E-state index is -0.445. The Kier molecular flexibility index (Phi) is 6.25. The molecule has 0 fully saturated rings. The number of carbonyl (C=O) groups excluding carboxylic acids is 1. The van der Waals surface area contributed by atoms with E-state index in [0.717, 1.165) is 5.56 Å². The fourth-order valence-electron chi connectivity index (χ4n) is 2.79. The van der Waals surface area contributed by atoms with E-state index in [1.165, 1.54) is 12.1 Å². The van der Waals surface area contributed by atoms with Gasteiger partial charge in [-0.3, -0.25) is 9.48 Å². The molecule has 6 nitrogen and oxygen atoms in total. The third-order valence-electron chi connectivity index (χ3n) is 4.31. The van der Waals surface area contributed by atoms with Crippen LogP contribution in [0.15, 0.2) is 71.3 Å². The molecule has 0 aliphatic heterocycles. The summed E-state index contributed by atoms with van der Waals surface area (Å²) in [7, 11) is 0. The monoisotopic (exact) mass is 459 g/mol. The molecule has 158 valence electrons. The van der Waals surface area contributed by atoms with Crippen molar-refractivity contribution >= 4 is 34.9 Å². The van der Waals surface area contributed by atoms with Gasteiger partial charge in [0, 0.05) is 12.3 Å². The number of halogens is 3. The summed E-state index contributed by atoms with van der Waals surface area (Å²) >= 11 is 12.0. The van der Waals surface area contributed by atoms with E-state index in [0.29, 0.717) is 33.9 Å². The van der Waals surface area contributed by atoms with E-state index in [1.54, 1.807) is 59.4 Å². The first-order chi connectivity index (χ1) is 15.0. The molecule has 0 spiro atoms. The van der Waals surface area contributed by atoms with Crippen LogP contribution in [0.3, 0.4) is 0 Å². The van der Waals surface area contributed by atoms with Crippen LogP contribution < -0.4 is 10.1 Å². The summed E-state index contributed by atoms with van der Waals surface area (Å²) in [6.45, 7) is 0.532. The standard InChI is InChI=1S/C22H16Cl2FN3O3/c23-17-2-1-3-18(21(17)24)30-13-16-8-9-19(31-16)22(29)26-20-10-11-28(27-20)12-14-4-6-15(25)7-5-14/h1-11H,12-13H2,(H,26,27,29). The molecule has 2 aromatic heterocycles. The molecule has 0 unspecified atom stereocenters. The largest absolute Gasteiger partial charge is 0.484 e. The van der Waals surface area contributed by atoms with Crippen molar-refractivity contribution in [2.45, 2.75) is 13.2 Å². The van der Waals surface area contributed by atoms with E-state index < -0.39 is 5.91 Å². The fraction of sp³-hybridized carbons (Fsp3) is 0.0909. The Balaban J connectivity index is 1.34. The highest BCUT2D eigenvalue weighted by atomic mass is 35.5. The first-order valence-corrected chi connectivity index (χ1v) is 9.98. The van der Waals surface area contributed by atoms with Gasteiger partial charge in [-0.15, -0.1) is 0 Å². The summed E-state index contributed by atoms with van der Waals surface area (Å²) in [5, 5.41) is 7.66. The van der Waals surface area contributed by atoms with Gasteiger partial charge in [-0.2, -0.15) is 5.10 Å². The van der Waals surface area contributed by atoms with Gasteiger partial charge < -0.3 is 14.5 Å². The number of carbonyl (C=O) groups is 1. The lowest BCUT2D eigenvalue weighted by molar-refractivity contribution is 0.0992. The van der Waals surface area contributed by atoms with Gasteiger partial charge in [0.05, 0.1) is 11.6 Å². The molecule has 0 saturated heterocycles. The molecule has 4 rings (SSSR count). The molecule has 2 heterocycles. The van der Waals surface area contributed by atoms with E-state index in [1.807, 2.05) is 0 Å². The average Bonchev–Trinajstić information content (AvgIpc) is 3.40. The number of amides is 1. The maximum absolute atomic E-state index is 13.0. The number of hydrogen-bond acceptors (Lipinski definition) is 4. The second-order valence-electron chi connectivity index (χ2n) is 6.59. The van der Waals surface area contributed by atoms with Gasteiger partial charge in [-0.05, 0) is 42.0 Å². The second-order valence-corrected chi connectivity index (χ2v) is 7.37. The SMILES string of the molecule is O=C(Nc1ccn(Cc2ccc(F)cc2)n1)c1ccc(COc2cccc(Cl)c2Cl)o1. The summed E-state index contributed by atoms with van der Waals surface area (Å²) < 4.78 is 25.8. The van der Waals surface area contributed by atoms with E-state index in [9.17, 15) is 9.18 Å². The van der Waals surface area contributed by atoms with Crippen LogP contribution in [0, 0.1) is 5.82 Å². The molecular weight excluding hydrogens is 444 g/mol. The molecule has 31 heavy (non-hydrogen) atoms. The third kappa shape index (κ3) is 5.25. The van der Waals surface area contributed by atoms with Crippen molar-refractivity contribution in [3.8, 4) is 5.75 Å². The number of hydrogen-bond donors (Lipinski definition) is 1. The number of benzene rings is 2. The van der Waals surface area contributed by atoms with Crippen LogP contribution in [0.5, 0.6) is 5.75 Å². The Morgan fingerprint density at radius 1 is 1.10 bits per heavy atom. The predicted octanol–water partition coefficient (Wildman–Crippen LogP) is 5.80. The van der Waals surface area contributed by atoms with Crippen molar-refractivity contribution in [3.63, 3.8) is 0 Å². The van der Waals surface area contributed by atoms with Gasteiger partial charge >= 0.3 is 0 Å². The lowest BCUT2D eigenvalue weighted by Crippen LogP contribution is -2.12. The number of furan rings is 1. The van der Waals surface area contributed by atoms with Crippen molar-refractivity contribution < 1.29 is 18.3 Å². The molecule has 9 heteroatoms. The zero-order chi connectivity index (χ0) is 21.8. The van der Waals surface area contributed by atoms with Crippen LogP contribution in [-0.4, -0.2) is 15.7 Å². The highest BCUT2D eigenvalue weighted by Gasteiger charge is 2.14. The van der Waals surface area contributed by atoms with Gasteiger partial charge in [0.15, 0.2) is 11.6 Å². The molecule has 0 bridgehead atoms. The highest BCUT2D eigenvalue weighted by Crippen LogP contribution is 2.32. The van der Waals surface area contributed by atoms with Crippen molar-refractivity contribution in [3.05, 3.63) is 99.8 Å². The zero-order valence-electron chi connectivity index (χ0n) is 16.0. The van der Waals surface area contributed by atoms with Gasteiger partial charge in [0.2, 0.25) is 0 Å². The molecule has 0 aliphatic rings. The lowest BCUT2D eigenvalue weighted by atomic mass is 10.2. The molecule has 0 saturated carbocycles. The average molecular weight is 460 g/mol. The number of aromatic nitrogens is 2. The van der Waals surface area contributed by atoms with Crippen molar-refractivity contribution in [1.82, 2.24) is 9.78 Å². The van der Waals surface area contributed by atoms with Crippen LogP contribution in [0.25, 0.3) is 0 Å². The highest BCUT2D eigenvalue weighted by molar-refractivity contribution is 6.42. The summed E-state index contributed by atoms with van der Waals surface area (Å²) in [6, 6.07) is 16.1. The van der Waals surface area contributed by atoms with Gasteiger partial charge in [0.1, 0.15) is 29.0 Å². The van der Waals surface area contributed by atoms with Gasteiger partial charge in [0.25, 0.3) is 5.91 Å². The third-order valence-corrected chi connectivity index (χ3v) is 5.11. The second kappa shape index (κ2) is 9.24. The minimum Gasteiger partial charge on any atom is -0.484 e. The Hall–Kier alpha value is -3.29. The molecule has 4 aromatic rings. The normalized spacial score (nSPS) is 10.8. The quantitative estimate of drug-likeness (QED) is 0.379.